The maximum absolute atomic E-state index is 12.2. The normalized spacial score (nSPS) is 30.4. The molecule has 10 heteroatoms. The van der Waals surface area contributed by atoms with Gasteiger partial charge in [0.2, 0.25) is 5.95 Å². The number of H-pyrrole nitrogens is 1. The number of aromatic amines is 1. The van der Waals surface area contributed by atoms with E-state index in [4.69, 9.17) is 4.74 Å². The van der Waals surface area contributed by atoms with Crippen LogP contribution in [0.25, 0.3) is 11.2 Å². The Labute approximate surface area is 149 Å². The quantitative estimate of drug-likeness (QED) is 0.542. The van der Waals surface area contributed by atoms with Crippen molar-refractivity contribution in [3.8, 4) is 0 Å². The Morgan fingerprint density at radius 3 is 2.69 bits per heavy atom. The summed E-state index contributed by atoms with van der Waals surface area (Å²) in [7, 11) is 0. The molecular formula is C16H23N5O5. The van der Waals surface area contributed by atoms with Crippen LogP contribution in [0.2, 0.25) is 0 Å². The fourth-order valence-electron chi connectivity index (χ4n) is 3.67. The number of nitrogens with zero attached hydrogens (tertiary/aromatic N) is 4. The van der Waals surface area contributed by atoms with Crippen molar-refractivity contribution >= 4 is 17.1 Å². The first-order valence-electron chi connectivity index (χ1n) is 8.84. The highest BCUT2D eigenvalue weighted by Crippen LogP contribution is 2.35. The molecule has 0 unspecified atom stereocenters. The van der Waals surface area contributed by atoms with E-state index >= 15 is 0 Å². The average molecular weight is 365 g/mol. The van der Waals surface area contributed by atoms with Gasteiger partial charge in [-0.1, -0.05) is 6.92 Å². The van der Waals surface area contributed by atoms with Crippen LogP contribution in [0.15, 0.2) is 11.1 Å². The lowest BCUT2D eigenvalue weighted by Gasteiger charge is -2.32. The van der Waals surface area contributed by atoms with Crippen molar-refractivity contribution < 1.29 is 20.1 Å². The number of hydrogen-bond acceptors (Lipinski definition) is 8. The number of imidazole rings is 1. The van der Waals surface area contributed by atoms with Crippen LogP contribution < -0.4 is 10.5 Å². The molecule has 142 valence electrons. The number of piperidine rings is 1. The van der Waals surface area contributed by atoms with E-state index < -0.39 is 31.1 Å². The van der Waals surface area contributed by atoms with E-state index in [1.165, 1.54) is 6.33 Å². The lowest BCUT2D eigenvalue weighted by atomic mass is 10.00. The fourth-order valence-corrected chi connectivity index (χ4v) is 3.67. The van der Waals surface area contributed by atoms with Crippen LogP contribution in [0.5, 0.6) is 0 Å². The van der Waals surface area contributed by atoms with Gasteiger partial charge in [-0.15, -0.1) is 0 Å². The second-order valence-electron chi connectivity index (χ2n) is 7.08. The summed E-state index contributed by atoms with van der Waals surface area (Å²) in [6.07, 6.45) is -1.16. The van der Waals surface area contributed by atoms with Gasteiger partial charge in [-0.05, 0) is 18.8 Å². The zero-order valence-electron chi connectivity index (χ0n) is 14.4. The van der Waals surface area contributed by atoms with Crippen molar-refractivity contribution in [2.75, 3.05) is 24.6 Å². The van der Waals surface area contributed by atoms with Crippen LogP contribution >= 0.6 is 0 Å². The smallest absolute Gasteiger partial charge is 0.278 e. The molecule has 0 aromatic carbocycles. The standard InChI is InChI=1S/C16H23N5O5/c1-8-2-4-20(5-3-8)16-19-10-13(17-7-18-14(10)25)21(16)15-12(24)11(23)9(6-22)26-15/h7-9,11-12,15,22-24H,2-6H2,1H3,(H,17,18,25)/t9-,11-,12-,15-/m1/s1. The zero-order chi connectivity index (χ0) is 18.4. The Morgan fingerprint density at radius 1 is 1.31 bits per heavy atom. The number of rotatable bonds is 3. The molecule has 4 rings (SSSR count). The number of hydrogen-bond donors (Lipinski definition) is 4. The molecule has 2 aliphatic heterocycles. The van der Waals surface area contributed by atoms with Crippen LogP contribution in [-0.2, 0) is 4.74 Å². The second-order valence-corrected chi connectivity index (χ2v) is 7.08. The van der Waals surface area contributed by atoms with E-state index in [0.29, 0.717) is 11.9 Å². The molecule has 4 atom stereocenters. The molecule has 10 nitrogen and oxygen atoms in total. The highest BCUT2D eigenvalue weighted by Gasteiger charge is 2.45. The summed E-state index contributed by atoms with van der Waals surface area (Å²) >= 11 is 0. The van der Waals surface area contributed by atoms with E-state index in [-0.39, 0.29) is 16.7 Å². The van der Waals surface area contributed by atoms with E-state index in [0.717, 1.165) is 25.9 Å². The Balaban J connectivity index is 1.83. The third kappa shape index (κ3) is 2.69. The van der Waals surface area contributed by atoms with E-state index in [2.05, 4.69) is 21.9 Å². The van der Waals surface area contributed by atoms with E-state index in [1.807, 2.05) is 4.90 Å². The third-order valence-electron chi connectivity index (χ3n) is 5.30. The summed E-state index contributed by atoms with van der Waals surface area (Å²) in [5.74, 6) is 1.09. The van der Waals surface area contributed by atoms with Gasteiger partial charge >= 0.3 is 0 Å². The number of ether oxygens (including phenoxy) is 1. The van der Waals surface area contributed by atoms with E-state index in [9.17, 15) is 20.1 Å². The van der Waals surface area contributed by atoms with Crippen LogP contribution in [0.4, 0.5) is 5.95 Å². The first-order valence-corrected chi connectivity index (χ1v) is 8.84. The van der Waals surface area contributed by atoms with Crippen molar-refractivity contribution in [3.05, 3.63) is 16.7 Å². The molecular weight excluding hydrogens is 342 g/mol. The monoisotopic (exact) mass is 365 g/mol. The van der Waals surface area contributed by atoms with Crippen molar-refractivity contribution in [2.45, 2.75) is 44.3 Å². The van der Waals surface area contributed by atoms with Gasteiger partial charge in [0.05, 0.1) is 12.9 Å². The Bertz CT molecular complexity index is 843. The molecule has 26 heavy (non-hydrogen) atoms. The average Bonchev–Trinajstić information content (AvgIpc) is 3.15. The molecule has 0 saturated carbocycles. The largest absolute Gasteiger partial charge is 0.394 e. The first-order chi connectivity index (χ1) is 12.5. The third-order valence-corrected chi connectivity index (χ3v) is 5.30. The topological polar surface area (TPSA) is 137 Å². The second kappa shape index (κ2) is 6.62. The summed E-state index contributed by atoms with van der Waals surface area (Å²) in [6, 6.07) is 0. The summed E-state index contributed by atoms with van der Waals surface area (Å²) in [5, 5.41) is 29.9. The summed E-state index contributed by atoms with van der Waals surface area (Å²) in [5.41, 5.74) is 0.0446. The predicted molar refractivity (Wildman–Crippen MR) is 91.8 cm³/mol. The van der Waals surface area contributed by atoms with Crippen molar-refractivity contribution in [1.82, 2.24) is 19.5 Å². The molecule has 4 heterocycles. The predicted octanol–water partition coefficient (Wildman–Crippen LogP) is -1.03. The maximum Gasteiger partial charge on any atom is 0.278 e. The summed E-state index contributed by atoms with van der Waals surface area (Å²) in [4.78, 5) is 25.4. The van der Waals surface area contributed by atoms with Gasteiger partial charge in [0.25, 0.3) is 5.56 Å². The van der Waals surface area contributed by atoms with Gasteiger partial charge in [-0.25, -0.2) is 9.97 Å². The molecule has 2 aliphatic rings. The molecule has 0 spiro atoms. The van der Waals surface area contributed by atoms with Crippen LogP contribution in [0.1, 0.15) is 26.0 Å². The molecule has 0 amide bonds. The van der Waals surface area contributed by atoms with Crippen molar-refractivity contribution in [2.24, 2.45) is 5.92 Å². The van der Waals surface area contributed by atoms with Gasteiger partial charge < -0.3 is 29.9 Å². The van der Waals surface area contributed by atoms with Gasteiger partial charge in [-0.2, -0.15) is 0 Å². The summed E-state index contributed by atoms with van der Waals surface area (Å²) in [6.45, 7) is 3.29. The minimum Gasteiger partial charge on any atom is -0.394 e. The minimum absolute atomic E-state index is 0.152. The van der Waals surface area contributed by atoms with Gasteiger partial charge in [0.1, 0.15) is 18.3 Å². The number of aliphatic hydroxyl groups excluding tert-OH is 3. The molecule has 2 aromatic heterocycles. The number of nitrogens with one attached hydrogen (secondary N) is 1. The summed E-state index contributed by atoms with van der Waals surface area (Å²) < 4.78 is 7.23. The lowest BCUT2D eigenvalue weighted by molar-refractivity contribution is -0.0505. The van der Waals surface area contributed by atoms with Gasteiger partial charge in [-0.3, -0.25) is 9.36 Å². The van der Waals surface area contributed by atoms with Crippen molar-refractivity contribution in [3.63, 3.8) is 0 Å². The van der Waals surface area contributed by atoms with Crippen LogP contribution in [-0.4, -0.2) is 72.8 Å². The highest BCUT2D eigenvalue weighted by atomic mass is 16.6. The molecule has 2 saturated heterocycles. The van der Waals surface area contributed by atoms with Crippen LogP contribution in [0, 0.1) is 5.92 Å². The first kappa shape index (κ1) is 17.4. The highest BCUT2D eigenvalue weighted by molar-refractivity contribution is 5.73. The molecule has 0 radical (unpaired) electrons. The molecule has 2 aromatic rings. The Hall–Kier alpha value is -2.01. The lowest BCUT2D eigenvalue weighted by Crippen LogP contribution is -2.37. The maximum atomic E-state index is 12.2. The van der Waals surface area contributed by atoms with Crippen LogP contribution in [0.3, 0.4) is 0 Å². The zero-order valence-corrected chi connectivity index (χ0v) is 14.4. The van der Waals surface area contributed by atoms with Crippen molar-refractivity contribution in [1.29, 1.82) is 0 Å². The van der Waals surface area contributed by atoms with Gasteiger partial charge in [0, 0.05) is 13.1 Å². The SMILES string of the molecule is CC1CCN(c2nc3c(=O)[nH]cnc3n2[C@@H]2O[C@H](CO)[C@@H](O)[C@H]2O)CC1. The molecule has 4 N–H and O–H groups in total. The van der Waals surface area contributed by atoms with E-state index in [1.54, 1.807) is 4.57 Å². The van der Waals surface area contributed by atoms with Gasteiger partial charge in [0.15, 0.2) is 17.4 Å². The number of aliphatic hydroxyl groups is 3. The molecule has 0 bridgehead atoms. The number of aromatic nitrogens is 4. The number of fused-ring (bicyclic) bond motifs is 1. The minimum atomic E-state index is -1.27. The Morgan fingerprint density at radius 2 is 2.04 bits per heavy atom. The number of anilines is 1. The Kier molecular flexibility index (Phi) is 4.43. The molecule has 0 aliphatic carbocycles. The molecule has 2 fully saturated rings. The fraction of sp³-hybridized carbons (Fsp3) is 0.688.